The second-order valence-electron chi connectivity index (χ2n) is 4.37. The molecule has 0 spiro atoms. The molecule has 0 aliphatic carbocycles. The van der Waals surface area contributed by atoms with E-state index in [0.717, 1.165) is 12.1 Å². The molecule has 0 fully saturated rings. The van der Waals surface area contributed by atoms with Crippen molar-refractivity contribution in [2.75, 3.05) is 6.61 Å². The van der Waals surface area contributed by atoms with Gasteiger partial charge in [-0.2, -0.15) is 0 Å². The molecule has 7 heteroatoms. The van der Waals surface area contributed by atoms with Gasteiger partial charge < -0.3 is 9.84 Å². The highest BCUT2D eigenvalue weighted by Crippen LogP contribution is 2.35. The molecule has 6 nitrogen and oxygen atoms in total. The van der Waals surface area contributed by atoms with Crippen LogP contribution in [0, 0.1) is 15.9 Å². The predicted octanol–water partition coefficient (Wildman–Crippen LogP) is 3.50. The first-order valence-corrected chi connectivity index (χ1v) is 6.38. The molecular weight excluding hydrogens is 293 g/mol. The van der Waals surface area contributed by atoms with E-state index in [1.54, 1.807) is 6.92 Å². The minimum Gasteiger partial charge on any atom is -0.493 e. The van der Waals surface area contributed by atoms with Crippen molar-refractivity contribution in [2.45, 2.75) is 6.92 Å². The molecule has 0 amide bonds. The molecule has 0 radical (unpaired) electrons. The third-order valence-electron chi connectivity index (χ3n) is 2.98. The Bertz CT molecular complexity index is 745. The number of nitro groups is 1. The zero-order chi connectivity index (χ0) is 16.3. The first-order valence-electron chi connectivity index (χ1n) is 6.38. The Morgan fingerprint density at radius 2 is 2.00 bits per heavy atom. The van der Waals surface area contributed by atoms with Crippen LogP contribution >= 0.6 is 0 Å². The lowest BCUT2D eigenvalue weighted by Crippen LogP contribution is -2.03. The highest BCUT2D eigenvalue weighted by atomic mass is 19.1. The predicted molar refractivity (Wildman–Crippen MR) is 76.6 cm³/mol. The maximum Gasteiger partial charge on any atom is 0.336 e. The van der Waals surface area contributed by atoms with Crippen LogP contribution in [0.3, 0.4) is 0 Å². The van der Waals surface area contributed by atoms with Crippen molar-refractivity contribution in [3.8, 4) is 16.9 Å². The van der Waals surface area contributed by atoms with Gasteiger partial charge in [-0.3, -0.25) is 10.1 Å². The fraction of sp³-hybridized carbons (Fsp3) is 0.133. The Labute approximate surface area is 124 Å². The summed E-state index contributed by atoms with van der Waals surface area (Å²) >= 11 is 0. The first-order chi connectivity index (χ1) is 10.4. The molecule has 2 rings (SSSR count). The minimum absolute atomic E-state index is 0.154. The van der Waals surface area contributed by atoms with Gasteiger partial charge in [-0.05, 0) is 31.2 Å². The van der Waals surface area contributed by atoms with Crippen LogP contribution < -0.4 is 4.74 Å². The van der Waals surface area contributed by atoms with Crippen LogP contribution in [-0.2, 0) is 0 Å². The number of carboxylic acids is 1. The topological polar surface area (TPSA) is 89.7 Å². The largest absolute Gasteiger partial charge is 0.493 e. The summed E-state index contributed by atoms with van der Waals surface area (Å²) < 4.78 is 18.9. The van der Waals surface area contributed by atoms with E-state index in [1.165, 1.54) is 24.3 Å². The van der Waals surface area contributed by atoms with Gasteiger partial charge in [-0.15, -0.1) is 0 Å². The van der Waals surface area contributed by atoms with Crippen LogP contribution in [0.2, 0.25) is 0 Å². The van der Waals surface area contributed by atoms with Crippen molar-refractivity contribution in [3.63, 3.8) is 0 Å². The van der Waals surface area contributed by atoms with Crippen LogP contribution in [0.15, 0.2) is 36.4 Å². The highest BCUT2D eigenvalue weighted by Gasteiger charge is 2.19. The third-order valence-corrected chi connectivity index (χ3v) is 2.98. The summed E-state index contributed by atoms with van der Waals surface area (Å²) in [5.74, 6) is -1.60. The van der Waals surface area contributed by atoms with Gasteiger partial charge in [-0.1, -0.05) is 0 Å². The Morgan fingerprint density at radius 1 is 1.27 bits per heavy atom. The van der Waals surface area contributed by atoms with Crippen LogP contribution in [0.1, 0.15) is 17.3 Å². The Hall–Kier alpha value is -2.96. The number of nitro benzene ring substituents is 1. The quantitative estimate of drug-likeness (QED) is 0.674. The third kappa shape index (κ3) is 3.03. The average molecular weight is 305 g/mol. The van der Waals surface area contributed by atoms with Gasteiger partial charge in [0.05, 0.1) is 17.1 Å². The van der Waals surface area contributed by atoms with E-state index in [0.29, 0.717) is 12.4 Å². The molecule has 2 aromatic rings. The summed E-state index contributed by atoms with van der Waals surface area (Å²) in [6, 6.07) is 7.11. The van der Waals surface area contributed by atoms with Crippen LogP contribution in [0.25, 0.3) is 11.1 Å². The fourth-order valence-electron chi connectivity index (χ4n) is 2.05. The van der Waals surface area contributed by atoms with Gasteiger partial charge in [-0.25, -0.2) is 9.18 Å². The lowest BCUT2D eigenvalue weighted by atomic mass is 9.98. The number of ether oxygens (including phenoxy) is 1. The molecule has 0 saturated heterocycles. The second kappa shape index (κ2) is 6.21. The van der Waals surface area contributed by atoms with Gasteiger partial charge in [0.15, 0.2) is 0 Å². The van der Waals surface area contributed by atoms with E-state index in [9.17, 15) is 24.4 Å². The molecule has 2 aromatic carbocycles. The van der Waals surface area contributed by atoms with E-state index in [2.05, 4.69) is 0 Å². The first kappa shape index (κ1) is 15.4. The Morgan fingerprint density at radius 3 is 2.59 bits per heavy atom. The number of nitrogens with zero attached hydrogens (tertiary/aromatic N) is 1. The standard InChI is InChI=1S/C15H12FNO5/c1-2-22-14-6-3-9(16)7-12(14)11-5-4-10(17(20)21)8-13(11)15(18)19/h3-8H,2H2,1H3,(H,18,19). The molecule has 114 valence electrons. The number of carboxylic acid groups (broad SMARTS) is 1. The second-order valence-corrected chi connectivity index (χ2v) is 4.37. The van der Waals surface area contributed by atoms with Crippen molar-refractivity contribution < 1.29 is 24.0 Å². The molecule has 22 heavy (non-hydrogen) atoms. The summed E-state index contributed by atoms with van der Waals surface area (Å²) in [6.45, 7) is 2.05. The van der Waals surface area contributed by atoms with E-state index in [1.807, 2.05) is 0 Å². The number of aromatic carboxylic acids is 1. The highest BCUT2D eigenvalue weighted by molar-refractivity contribution is 5.97. The molecule has 0 aliphatic heterocycles. The normalized spacial score (nSPS) is 10.3. The van der Waals surface area contributed by atoms with Crippen LogP contribution in [0.4, 0.5) is 10.1 Å². The lowest BCUT2D eigenvalue weighted by Gasteiger charge is -2.12. The van der Waals surface area contributed by atoms with Gasteiger partial charge in [0, 0.05) is 23.3 Å². The monoisotopic (exact) mass is 305 g/mol. The number of hydrogen-bond donors (Lipinski definition) is 1. The number of benzene rings is 2. The van der Waals surface area contributed by atoms with E-state index in [4.69, 9.17) is 4.74 Å². The van der Waals surface area contributed by atoms with Crippen molar-refractivity contribution in [2.24, 2.45) is 0 Å². The molecule has 0 unspecified atom stereocenters. The van der Waals surface area contributed by atoms with Crippen molar-refractivity contribution in [1.29, 1.82) is 0 Å². The summed E-state index contributed by atoms with van der Waals surface area (Å²) in [5, 5.41) is 20.0. The van der Waals surface area contributed by atoms with Crippen LogP contribution in [0.5, 0.6) is 5.75 Å². The zero-order valence-corrected chi connectivity index (χ0v) is 11.6. The van der Waals surface area contributed by atoms with E-state index in [-0.39, 0.29) is 22.4 Å². The summed E-state index contributed by atoms with van der Waals surface area (Å²) in [4.78, 5) is 21.5. The summed E-state index contributed by atoms with van der Waals surface area (Å²) in [6.07, 6.45) is 0. The molecule has 0 aromatic heterocycles. The lowest BCUT2D eigenvalue weighted by molar-refractivity contribution is -0.384. The molecule has 1 N–H and O–H groups in total. The maximum atomic E-state index is 13.5. The van der Waals surface area contributed by atoms with Gasteiger partial charge in [0.2, 0.25) is 0 Å². The Balaban J connectivity index is 2.68. The molecule has 0 heterocycles. The van der Waals surface area contributed by atoms with Crippen molar-refractivity contribution in [3.05, 3.63) is 57.9 Å². The zero-order valence-electron chi connectivity index (χ0n) is 11.6. The van der Waals surface area contributed by atoms with Crippen molar-refractivity contribution >= 4 is 11.7 Å². The maximum absolute atomic E-state index is 13.5. The summed E-state index contributed by atoms with van der Waals surface area (Å²) in [7, 11) is 0. The number of rotatable bonds is 5. The minimum atomic E-state index is -1.34. The summed E-state index contributed by atoms with van der Waals surface area (Å²) in [5.41, 5.74) is -0.258. The molecular formula is C15H12FNO5. The number of carbonyl (C=O) groups is 1. The number of hydrogen-bond acceptors (Lipinski definition) is 4. The van der Waals surface area contributed by atoms with Gasteiger partial charge in [0.1, 0.15) is 11.6 Å². The number of non-ortho nitro benzene ring substituents is 1. The van der Waals surface area contributed by atoms with E-state index >= 15 is 0 Å². The molecule has 0 bridgehead atoms. The Kier molecular flexibility index (Phi) is 4.36. The van der Waals surface area contributed by atoms with Gasteiger partial charge in [0.25, 0.3) is 5.69 Å². The molecule has 0 atom stereocenters. The molecule has 0 saturated carbocycles. The molecule has 0 aliphatic rings. The smallest absolute Gasteiger partial charge is 0.336 e. The van der Waals surface area contributed by atoms with Crippen molar-refractivity contribution in [1.82, 2.24) is 0 Å². The van der Waals surface area contributed by atoms with Crippen LogP contribution in [-0.4, -0.2) is 22.6 Å². The van der Waals surface area contributed by atoms with Gasteiger partial charge >= 0.3 is 5.97 Å². The number of halogens is 1. The SMILES string of the molecule is CCOc1ccc(F)cc1-c1ccc([N+](=O)[O-])cc1C(=O)O. The fourth-order valence-corrected chi connectivity index (χ4v) is 2.05. The van der Waals surface area contributed by atoms with E-state index < -0.39 is 16.7 Å². The average Bonchev–Trinajstić information content (AvgIpc) is 2.48.